The highest BCUT2D eigenvalue weighted by molar-refractivity contribution is 9.10. The molecule has 1 rings (SSSR count). The Morgan fingerprint density at radius 2 is 2.33 bits per heavy atom. The lowest BCUT2D eigenvalue weighted by molar-refractivity contribution is -0.142. The Morgan fingerprint density at radius 1 is 1.61 bits per heavy atom. The van der Waals surface area contributed by atoms with Gasteiger partial charge in [-0.15, -0.1) is 23.4 Å². The van der Waals surface area contributed by atoms with Crippen LogP contribution in [-0.4, -0.2) is 28.7 Å². The van der Waals surface area contributed by atoms with Crippen molar-refractivity contribution in [2.45, 2.75) is 30.4 Å². The van der Waals surface area contributed by atoms with E-state index in [9.17, 15) is 4.79 Å². The van der Waals surface area contributed by atoms with Gasteiger partial charge in [0, 0.05) is 27.6 Å². The third kappa shape index (κ3) is 4.44. The molecule has 0 saturated heterocycles. The minimum Gasteiger partial charge on any atom is -0.465 e. The normalized spacial score (nSPS) is 12.2. The van der Waals surface area contributed by atoms with Crippen molar-refractivity contribution >= 4 is 45.3 Å². The number of carbonyl (C=O) groups is 1. The molecule has 1 heterocycles. The third-order valence-electron chi connectivity index (χ3n) is 2.20. The molecule has 6 heteroatoms. The van der Waals surface area contributed by atoms with Gasteiger partial charge < -0.3 is 4.74 Å². The Morgan fingerprint density at radius 3 is 2.94 bits per heavy atom. The van der Waals surface area contributed by atoms with Crippen LogP contribution < -0.4 is 0 Å². The highest BCUT2D eigenvalue weighted by Gasteiger charge is 2.19. The molecule has 0 saturated carbocycles. The van der Waals surface area contributed by atoms with Gasteiger partial charge in [0.15, 0.2) is 0 Å². The van der Waals surface area contributed by atoms with Gasteiger partial charge in [0.25, 0.3) is 0 Å². The van der Waals surface area contributed by atoms with Crippen LogP contribution in [0.2, 0.25) is 0 Å². The summed E-state index contributed by atoms with van der Waals surface area (Å²) in [5.41, 5.74) is 1.04. The van der Waals surface area contributed by atoms with Crippen LogP contribution in [0.5, 0.6) is 0 Å². The predicted octanol–water partition coefficient (Wildman–Crippen LogP) is 3.67. The summed E-state index contributed by atoms with van der Waals surface area (Å²) in [4.78, 5) is 16.8. The highest BCUT2D eigenvalue weighted by atomic mass is 79.9. The molecule has 100 valence electrons. The van der Waals surface area contributed by atoms with E-state index in [1.807, 2.05) is 6.92 Å². The minimum absolute atomic E-state index is 0.206. The summed E-state index contributed by atoms with van der Waals surface area (Å²) in [5, 5.41) is -0.252. The highest BCUT2D eigenvalue weighted by Crippen LogP contribution is 2.33. The summed E-state index contributed by atoms with van der Waals surface area (Å²) in [6.07, 6.45) is 4.23. The van der Waals surface area contributed by atoms with Gasteiger partial charge >= 0.3 is 5.97 Å². The fourth-order valence-corrected chi connectivity index (χ4v) is 3.21. The Kier molecular flexibility index (Phi) is 7.04. The Hall–Kier alpha value is -0.260. The molecular formula is C12H15BrClNO2S. The van der Waals surface area contributed by atoms with Crippen LogP contribution in [-0.2, 0) is 16.0 Å². The number of aryl methyl sites for hydroxylation is 1. The fraction of sp³-hybridized carbons (Fsp3) is 0.500. The number of hydrogen-bond donors (Lipinski definition) is 0. The number of alkyl halides is 1. The lowest BCUT2D eigenvalue weighted by Crippen LogP contribution is -2.17. The van der Waals surface area contributed by atoms with Crippen LogP contribution in [0, 0.1) is 0 Å². The van der Waals surface area contributed by atoms with E-state index >= 15 is 0 Å². The number of pyridine rings is 1. The van der Waals surface area contributed by atoms with Crippen molar-refractivity contribution in [3.05, 3.63) is 22.4 Å². The molecule has 1 unspecified atom stereocenters. The summed E-state index contributed by atoms with van der Waals surface area (Å²) in [6, 6.07) is 0. The van der Waals surface area contributed by atoms with Crippen molar-refractivity contribution in [2.75, 3.05) is 12.5 Å². The monoisotopic (exact) mass is 351 g/mol. The standard InChI is InChI=1S/C12H15BrClNO2S/c1-3-17-12(16)8(2)18-11-9(4-5-14)6-15-7-10(11)13/h6-8H,3-5H2,1-2H3. The molecule has 0 fully saturated rings. The summed E-state index contributed by atoms with van der Waals surface area (Å²) >= 11 is 10.7. The molecule has 0 radical (unpaired) electrons. The second-order valence-electron chi connectivity index (χ2n) is 3.56. The van der Waals surface area contributed by atoms with Crippen LogP contribution in [0.15, 0.2) is 21.8 Å². The zero-order valence-electron chi connectivity index (χ0n) is 10.3. The number of ether oxygens (including phenoxy) is 1. The largest absolute Gasteiger partial charge is 0.465 e. The fourth-order valence-electron chi connectivity index (χ4n) is 1.36. The molecule has 0 aliphatic heterocycles. The average Bonchev–Trinajstić information content (AvgIpc) is 2.34. The van der Waals surface area contributed by atoms with Crippen molar-refractivity contribution < 1.29 is 9.53 Å². The summed E-state index contributed by atoms with van der Waals surface area (Å²) in [6.45, 7) is 4.03. The third-order valence-corrected chi connectivity index (χ3v) is 4.52. The van der Waals surface area contributed by atoms with Crippen LogP contribution in [0.25, 0.3) is 0 Å². The van der Waals surface area contributed by atoms with Gasteiger partial charge in [-0.2, -0.15) is 0 Å². The maximum atomic E-state index is 11.6. The van der Waals surface area contributed by atoms with Gasteiger partial charge in [0.1, 0.15) is 5.25 Å². The van der Waals surface area contributed by atoms with Gasteiger partial charge in [0.2, 0.25) is 0 Å². The number of halogens is 2. The predicted molar refractivity (Wildman–Crippen MR) is 78.3 cm³/mol. The molecule has 1 atom stereocenters. The number of esters is 1. The lowest BCUT2D eigenvalue weighted by Gasteiger charge is -2.14. The summed E-state index contributed by atoms with van der Waals surface area (Å²) in [7, 11) is 0. The van der Waals surface area contributed by atoms with E-state index in [4.69, 9.17) is 16.3 Å². The van der Waals surface area contributed by atoms with Gasteiger partial charge in [-0.1, -0.05) is 0 Å². The molecule has 0 aliphatic rings. The van der Waals surface area contributed by atoms with Crippen LogP contribution in [0.4, 0.5) is 0 Å². The Labute approximate surface area is 125 Å². The quantitative estimate of drug-likeness (QED) is 0.445. The first-order valence-electron chi connectivity index (χ1n) is 5.61. The van der Waals surface area contributed by atoms with Crippen molar-refractivity contribution in [3.8, 4) is 0 Å². The second-order valence-corrected chi connectivity index (χ2v) is 6.14. The van der Waals surface area contributed by atoms with Crippen molar-refractivity contribution in [1.82, 2.24) is 4.98 Å². The lowest BCUT2D eigenvalue weighted by atomic mass is 10.2. The zero-order chi connectivity index (χ0) is 13.5. The van der Waals surface area contributed by atoms with Gasteiger partial charge in [-0.05, 0) is 41.8 Å². The smallest absolute Gasteiger partial charge is 0.319 e. The molecule has 0 aliphatic carbocycles. The second kappa shape index (κ2) is 8.02. The van der Waals surface area contributed by atoms with E-state index in [-0.39, 0.29) is 11.2 Å². The molecule has 0 bridgehead atoms. The maximum absolute atomic E-state index is 11.6. The molecular weight excluding hydrogens is 338 g/mol. The SMILES string of the molecule is CCOC(=O)C(C)Sc1c(Br)cncc1CCCl. The summed E-state index contributed by atoms with van der Waals surface area (Å²) < 4.78 is 5.88. The van der Waals surface area contributed by atoms with E-state index in [1.54, 1.807) is 19.3 Å². The van der Waals surface area contributed by atoms with E-state index in [0.29, 0.717) is 12.5 Å². The average molecular weight is 353 g/mol. The van der Waals surface area contributed by atoms with Gasteiger partial charge in [0.05, 0.1) is 6.61 Å². The van der Waals surface area contributed by atoms with E-state index in [2.05, 4.69) is 20.9 Å². The first kappa shape index (κ1) is 15.8. The number of hydrogen-bond acceptors (Lipinski definition) is 4. The first-order chi connectivity index (χ1) is 8.60. The van der Waals surface area contributed by atoms with E-state index < -0.39 is 0 Å². The van der Waals surface area contributed by atoms with Crippen molar-refractivity contribution in [1.29, 1.82) is 0 Å². The van der Waals surface area contributed by atoms with Crippen molar-refractivity contribution in [2.24, 2.45) is 0 Å². The first-order valence-corrected chi connectivity index (χ1v) is 7.82. The zero-order valence-corrected chi connectivity index (χ0v) is 13.4. The molecule has 0 spiro atoms. The number of thioether (sulfide) groups is 1. The molecule has 0 amide bonds. The van der Waals surface area contributed by atoms with E-state index in [1.165, 1.54) is 11.8 Å². The Bertz CT molecular complexity index is 417. The van der Waals surface area contributed by atoms with Crippen LogP contribution >= 0.6 is 39.3 Å². The topological polar surface area (TPSA) is 39.2 Å². The number of rotatable bonds is 6. The number of carbonyl (C=O) groups excluding carboxylic acids is 1. The van der Waals surface area contributed by atoms with Gasteiger partial charge in [-0.3, -0.25) is 9.78 Å². The minimum atomic E-state index is -0.252. The number of nitrogens with zero attached hydrogens (tertiary/aromatic N) is 1. The Balaban J connectivity index is 2.85. The molecule has 0 aromatic carbocycles. The molecule has 18 heavy (non-hydrogen) atoms. The summed E-state index contributed by atoms with van der Waals surface area (Å²) in [5.74, 6) is 0.322. The number of aromatic nitrogens is 1. The molecule has 3 nitrogen and oxygen atoms in total. The molecule has 1 aromatic heterocycles. The van der Waals surface area contributed by atoms with Crippen LogP contribution in [0.3, 0.4) is 0 Å². The van der Waals surface area contributed by atoms with Crippen LogP contribution in [0.1, 0.15) is 19.4 Å². The van der Waals surface area contributed by atoms with Gasteiger partial charge in [-0.25, -0.2) is 0 Å². The molecule has 1 aromatic rings. The van der Waals surface area contributed by atoms with Crippen molar-refractivity contribution in [3.63, 3.8) is 0 Å². The van der Waals surface area contributed by atoms with E-state index in [0.717, 1.165) is 21.4 Å². The molecule has 0 N–H and O–H groups in total. The maximum Gasteiger partial charge on any atom is 0.319 e.